The average Bonchev–Trinajstić information content (AvgIpc) is 2.91. The number of carboxylic acid groups (broad SMARTS) is 1. The van der Waals surface area contributed by atoms with Crippen LogP contribution in [0.1, 0.15) is 21.5 Å². The monoisotopic (exact) mass is 309 g/mol. The van der Waals surface area contributed by atoms with Crippen LogP contribution in [0.2, 0.25) is 0 Å². The fourth-order valence-electron chi connectivity index (χ4n) is 1.90. The lowest BCUT2D eigenvalue weighted by Gasteiger charge is -2.17. The molecule has 0 spiro atoms. The number of nitrogens with zero attached hydrogens (tertiary/aromatic N) is 1. The number of furan rings is 1. The molecule has 0 aliphatic carbocycles. The molecule has 7 heteroatoms. The standard InChI is InChI=1S/C14H15NO5S/c1-10-3-4-12(7-13(10)14(16)17)21(18,19)15(2)8-11-5-6-20-9-11/h3-7,9H,8H2,1-2H3,(H,16,17). The second-order valence-electron chi connectivity index (χ2n) is 4.67. The molecule has 0 unspecified atom stereocenters. The molecule has 21 heavy (non-hydrogen) atoms. The maximum atomic E-state index is 12.4. The van der Waals surface area contributed by atoms with Crippen LogP contribution < -0.4 is 0 Å². The molecule has 6 nitrogen and oxygen atoms in total. The second-order valence-corrected chi connectivity index (χ2v) is 6.72. The Labute approximate surface area is 122 Å². The minimum absolute atomic E-state index is 0.0206. The number of hydrogen-bond donors (Lipinski definition) is 1. The van der Waals surface area contributed by atoms with E-state index < -0.39 is 16.0 Å². The zero-order valence-corrected chi connectivity index (χ0v) is 12.4. The van der Waals surface area contributed by atoms with E-state index in [4.69, 9.17) is 9.52 Å². The summed E-state index contributed by atoms with van der Waals surface area (Å²) in [4.78, 5) is 11.1. The van der Waals surface area contributed by atoms with E-state index >= 15 is 0 Å². The Balaban J connectivity index is 2.35. The fourth-order valence-corrected chi connectivity index (χ4v) is 3.08. The molecule has 0 aliphatic rings. The molecule has 1 aromatic carbocycles. The Kier molecular flexibility index (Phi) is 4.15. The topological polar surface area (TPSA) is 87.8 Å². The Hall–Kier alpha value is -2.12. The quantitative estimate of drug-likeness (QED) is 0.914. The summed E-state index contributed by atoms with van der Waals surface area (Å²) < 4.78 is 30.9. The lowest BCUT2D eigenvalue weighted by atomic mass is 10.1. The zero-order valence-electron chi connectivity index (χ0n) is 11.6. The Morgan fingerprint density at radius 2 is 2.05 bits per heavy atom. The Morgan fingerprint density at radius 1 is 1.33 bits per heavy atom. The van der Waals surface area contributed by atoms with Gasteiger partial charge in [-0.1, -0.05) is 6.07 Å². The third-order valence-corrected chi connectivity index (χ3v) is 4.93. The zero-order chi connectivity index (χ0) is 15.6. The van der Waals surface area contributed by atoms with Gasteiger partial charge in [-0.05, 0) is 30.7 Å². The van der Waals surface area contributed by atoms with E-state index in [1.165, 1.54) is 37.8 Å². The summed E-state index contributed by atoms with van der Waals surface area (Å²) in [5.74, 6) is -1.15. The lowest BCUT2D eigenvalue weighted by Crippen LogP contribution is -2.26. The van der Waals surface area contributed by atoms with Crippen molar-refractivity contribution in [3.63, 3.8) is 0 Å². The second kappa shape index (κ2) is 5.71. The summed E-state index contributed by atoms with van der Waals surface area (Å²) in [5, 5.41) is 9.08. The predicted octanol–water partition coefficient (Wildman–Crippen LogP) is 2.11. The molecule has 0 radical (unpaired) electrons. The van der Waals surface area contributed by atoms with E-state index in [-0.39, 0.29) is 17.0 Å². The van der Waals surface area contributed by atoms with Crippen molar-refractivity contribution in [1.29, 1.82) is 0 Å². The lowest BCUT2D eigenvalue weighted by molar-refractivity contribution is 0.0696. The smallest absolute Gasteiger partial charge is 0.335 e. The summed E-state index contributed by atoms with van der Waals surface area (Å²) >= 11 is 0. The molecule has 112 valence electrons. The highest BCUT2D eigenvalue weighted by Gasteiger charge is 2.23. The van der Waals surface area contributed by atoms with Crippen molar-refractivity contribution in [2.45, 2.75) is 18.4 Å². The van der Waals surface area contributed by atoms with Crippen LogP contribution in [0.25, 0.3) is 0 Å². The number of hydrogen-bond acceptors (Lipinski definition) is 4. The predicted molar refractivity (Wildman–Crippen MR) is 75.5 cm³/mol. The van der Waals surface area contributed by atoms with Gasteiger partial charge in [0.2, 0.25) is 10.0 Å². The van der Waals surface area contributed by atoms with E-state index in [2.05, 4.69) is 0 Å². The molecule has 1 heterocycles. The van der Waals surface area contributed by atoms with E-state index in [0.717, 1.165) is 4.31 Å². The SMILES string of the molecule is Cc1ccc(S(=O)(=O)N(C)Cc2ccoc2)cc1C(=O)O. The Morgan fingerprint density at radius 3 is 2.62 bits per heavy atom. The van der Waals surface area contributed by atoms with Gasteiger partial charge in [-0.3, -0.25) is 0 Å². The fraction of sp³-hybridized carbons (Fsp3) is 0.214. The minimum Gasteiger partial charge on any atom is -0.478 e. The number of aryl methyl sites for hydroxylation is 1. The summed E-state index contributed by atoms with van der Waals surface area (Å²) in [6.07, 6.45) is 2.92. The maximum absolute atomic E-state index is 12.4. The van der Waals surface area contributed by atoms with Gasteiger partial charge in [0.1, 0.15) is 0 Å². The molecule has 2 rings (SSSR count). The molecule has 1 aromatic heterocycles. The van der Waals surface area contributed by atoms with Crippen LogP contribution >= 0.6 is 0 Å². The molecule has 2 aromatic rings. The molecule has 0 aliphatic heterocycles. The van der Waals surface area contributed by atoms with Gasteiger partial charge in [-0.15, -0.1) is 0 Å². The van der Waals surface area contributed by atoms with E-state index in [9.17, 15) is 13.2 Å². The van der Waals surface area contributed by atoms with Gasteiger partial charge in [0.25, 0.3) is 0 Å². The van der Waals surface area contributed by atoms with Gasteiger partial charge in [0.05, 0.1) is 23.0 Å². The molecule has 0 bridgehead atoms. The summed E-state index contributed by atoms with van der Waals surface area (Å²) in [6.45, 7) is 1.77. The first-order valence-corrected chi connectivity index (χ1v) is 7.57. The molecule has 0 saturated carbocycles. The van der Waals surface area contributed by atoms with Crippen molar-refractivity contribution < 1.29 is 22.7 Å². The number of benzene rings is 1. The van der Waals surface area contributed by atoms with E-state index in [1.807, 2.05) is 0 Å². The number of carboxylic acids is 1. The van der Waals surface area contributed by atoms with Crippen molar-refractivity contribution >= 4 is 16.0 Å². The third kappa shape index (κ3) is 3.14. The van der Waals surface area contributed by atoms with Crippen LogP contribution in [0.3, 0.4) is 0 Å². The molecule has 0 amide bonds. The minimum atomic E-state index is -3.76. The number of aromatic carboxylic acids is 1. The number of sulfonamides is 1. The van der Waals surface area contributed by atoms with E-state index in [1.54, 1.807) is 13.0 Å². The molecule has 0 fully saturated rings. The molecule has 1 N–H and O–H groups in total. The van der Waals surface area contributed by atoms with Crippen molar-refractivity contribution in [2.75, 3.05) is 7.05 Å². The van der Waals surface area contributed by atoms with Crippen molar-refractivity contribution in [1.82, 2.24) is 4.31 Å². The van der Waals surface area contributed by atoms with Crippen molar-refractivity contribution in [3.05, 3.63) is 53.5 Å². The molecular weight excluding hydrogens is 294 g/mol. The third-order valence-electron chi connectivity index (χ3n) is 3.13. The van der Waals surface area contributed by atoms with Crippen LogP contribution in [0.5, 0.6) is 0 Å². The van der Waals surface area contributed by atoms with Crippen LogP contribution in [-0.2, 0) is 16.6 Å². The highest BCUT2D eigenvalue weighted by molar-refractivity contribution is 7.89. The summed E-state index contributed by atoms with van der Waals surface area (Å²) in [5.41, 5.74) is 1.21. The van der Waals surface area contributed by atoms with Gasteiger partial charge in [-0.25, -0.2) is 13.2 Å². The van der Waals surface area contributed by atoms with Crippen molar-refractivity contribution in [3.8, 4) is 0 Å². The number of rotatable bonds is 5. The Bertz CT molecular complexity index is 750. The van der Waals surface area contributed by atoms with Gasteiger partial charge in [0.15, 0.2) is 0 Å². The van der Waals surface area contributed by atoms with Crippen molar-refractivity contribution in [2.24, 2.45) is 0 Å². The highest BCUT2D eigenvalue weighted by Crippen LogP contribution is 2.20. The van der Waals surface area contributed by atoms with Gasteiger partial charge < -0.3 is 9.52 Å². The van der Waals surface area contributed by atoms with Crippen LogP contribution in [-0.4, -0.2) is 30.8 Å². The maximum Gasteiger partial charge on any atom is 0.335 e. The van der Waals surface area contributed by atoms with Gasteiger partial charge in [-0.2, -0.15) is 4.31 Å². The first-order chi connectivity index (χ1) is 9.82. The normalized spacial score (nSPS) is 11.8. The number of carbonyl (C=O) groups is 1. The summed E-state index contributed by atoms with van der Waals surface area (Å²) in [7, 11) is -2.33. The van der Waals surface area contributed by atoms with Gasteiger partial charge >= 0.3 is 5.97 Å². The van der Waals surface area contributed by atoms with E-state index in [0.29, 0.717) is 11.1 Å². The highest BCUT2D eigenvalue weighted by atomic mass is 32.2. The first kappa shape index (κ1) is 15.3. The van der Waals surface area contributed by atoms with Crippen LogP contribution in [0, 0.1) is 6.92 Å². The molecular formula is C14H15NO5S. The van der Waals surface area contributed by atoms with Crippen LogP contribution in [0.15, 0.2) is 46.1 Å². The molecule has 0 atom stereocenters. The summed E-state index contributed by atoms with van der Waals surface area (Å²) in [6, 6.07) is 5.74. The van der Waals surface area contributed by atoms with Gasteiger partial charge in [0, 0.05) is 19.2 Å². The first-order valence-electron chi connectivity index (χ1n) is 6.13. The average molecular weight is 309 g/mol. The largest absolute Gasteiger partial charge is 0.478 e. The molecule has 0 saturated heterocycles. The van der Waals surface area contributed by atoms with Crippen LogP contribution in [0.4, 0.5) is 0 Å².